The fraction of sp³-hybridized carbons (Fsp3) is 0.345. The third-order valence-electron chi connectivity index (χ3n) is 7.85. The Morgan fingerprint density at radius 3 is 2.70 bits per heavy atom. The summed E-state index contributed by atoms with van der Waals surface area (Å²) in [6.07, 6.45) is 3.18. The molecule has 1 aromatic heterocycles. The summed E-state index contributed by atoms with van der Waals surface area (Å²) in [6, 6.07) is 14.9. The van der Waals surface area contributed by atoms with Gasteiger partial charge in [0.2, 0.25) is 6.79 Å². The minimum Gasteiger partial charge on any atom is -0.454 e. The smallest absolute Gasteiger partial charge is 0.325 e. The zero-order valence-electron chi connectivity index (χ0n) is 21.0. The Labute approximate surface area is 215 Å². The van der Waals surface area contributed by atoms with Gasteiger partial charge in [-0.15, -0.1) is 0 Å². The molecule has 190 valence electrons. The number of nitrogens with one attached hydrogen (secondary N) is 1. The van der Waals surface area contributed by atoms with Crippen molar-refractivity contribution in [3.05, 3.63) is 82.2 Å². The Kier molecular flexibility index (Phi) is 5.55. The first-order chi connectivity index (χ1) is 17.9. The van der Waals surface area contributed by atoms with Crippen LogP contribution in [-0.2, 0) is 23.3 Å². The maximum Gasteiger partial charge on any atom is 0.325 e. The number of aryl methyl sites for hydroxylation is 2. The molecule has 0 radical (unpaired) electrons. The Morgan fingerprint density at radius 1 is 1.03 bits per heavy atom. The second-order valence-corrected chi connectivity index (χ2v) is 10.1. The van der Waals surface area contributed by atoms with Crippen LogP contribution in [0.25, 0.3) is 0 Å². The summed E-state index contributed by atoms with van der Waals surface area (Å²) in [4.78, 5) is 41.3. The fourth-order valence-corrected chi connectivity index (χ4v) is 5.89. The number of carbonyl (C=O) groups is 3. The summed E-state index contributed by atoms with van der Waals surface area (Å²) in [5.41, 5.74) is 4.08. The van der Waals surface area contributed by atoms with Crippen LogP contribution in [0.1, 0.15) is 57.7 Å². The lowest BCUT2D eigenvalue weighted by atomic mass is 9.84. The zero-order valence-corrected chi connectivity index (χ0v) is 21.0. The van der Waals surface area contributed by atoms with Gasteiger partial charge in [0.15, 0.2) is 17.3 Å². The number of imide groups is 1. The molecule has 2 aliphatic heterocycles. The molecule has 3 heterocycles. The van der Waals surface area contributed by atoms with Gasteiger partial charge in [-0.3, -0.25) is 14.5 Å². The van der Waals surface area contributed by atoms with Crippen LogP contribution in [0, 0.1) is 13.8 Å². The first-order valence-corrected chi connectivity index (χ1v) is 12.7. The molecule has 6 rings (SSSR count). The summed E-state index contributed by atoms with van der Waals surface area (Å²) >= 11 is 0. The number of rotatable bonds is 5. The van der Waals surface area contributed by atoms with Crippen LogP contribution in [0.15, 0.2) is 48.5 Å². The number of aromatic nitrogens is 1. The van der Waals surface area contributed by atoms with Gasteiger partial charge in [0, 0.05) is 23.5 Å². The Hall–Kier alpha value is -4.07. The molecule has 1 atom stereocenters. The molecule has 2 aromatic carbocycles. The normalized spacial score (nSPS) is 20.2. The van der Waals surface area contributed by atoms with Crippen molar-refractivity contribution in [2.24, 2.45) is 0 Å². The number of hydrogen-bond acceptors (Lipinski definition) is 5. The van der Waals surface area contributed by atoms with Gasteiger partial charge >= 0.3 is 6.03 Å². The van der Waals surface area contributed by atoms with Gasteiger partial charge in [-0.25, -0.2) is 4.79 Å². The minimum absolute atomic E-state index is 0.217. The van der Waals surface area contributed by atoms with Gasteiger partial charge in [-0.2, -0.15) is 0 Å². The molecule has 0 unspecified atom stereocenters. The monoisotopic (exact) mass is 499 g/mol. The summed E-state index contributed by atoms with van der Waals surface area (Å²) < 4.78 is 12.9. The first kappa shape index (κ1) is 23.3. The van der Waals surface area contributed by atoms with E-state index in [1.54, 1.807) is 0 Å². The van der Waals surface area contributed by atoms with Crippen molar-refractivity contribution in [3.63, 3.8) is 0 Å². The van der Waals surface area contributed by atoms with Crippen LogP contribution in [0.3, 0.4) is 0 Å². The van der Waals surface area contributed by atoms with Crippen molar-refractivity contribution >= 4 is 17.7 Å². The van der Waals surface area contributed by atoms with Gasteiger partial charge in [0.1, 0.15) is 5.54 Å². The lowest BCUT2D eigenvalue weighted by Gasteiger charge is -2.27. The molecule has 8 heteroatoms. The quantitative estimate of drug-likeness (QED) is 0.419. The number of ketones is 1. The number of fused-ring (bicyclic) bond motifs is 3. The number of nitrogens with zero attached hydrogens (tertiary/aromatic N) is 2. The van der Waals surface area contributed by atoms with E-state index in [1.807, 2.05) is 62.4 Å². The highest BCUT2D eigenvalue weighted by Gasteiger charge is 2.53. The number of ether oxygens (including phenoxy) is 2. The van der Waals surface area contributed by atoms with Crippen LogP contribution in [0.2, 0.25) is 0 Å². The Balaban J connectivity index is 1.24. The fourth-order valence-electron chi connectivity index (χ4n) is 5.89. The van der Waals surface area contributed by atoms with Crippen LogP contribution in [-0.4, -0.2) is 40.5 Å². The van der Waals surface area contributed by atoms with E-state index in [0.29, 0.717) is 24.3 Å². The molecule has 1 fully saturated rings. The molecular formula is C29H29N3O5. The topological polar surface area (TPSA) is 89.9 Å². The molecule has 3 aliphatic rings. The van der Waals surface area contributed by atoms with E-state index in [0.717, 1.165) is 58.0 Å². The predicted octanol–water partition coefficient (Wildman–Crippen LogP) is 4.24. The lowest BCUT2D eigenvalue weighted by Crippen LogP contribution is -2.44. The third kappa shape index (κ3) is 3.79. The molecule has 3 aromatic rings. The zero-order chi connectivity index (χ0) is 25.7. The second-order valence-electron chi connectivity index (χ2n) is 10.1. The first-order valence-electron chi connectivity index (χ1n) is 12.7. The summed E-state index contributed by atoms with van der Waals surface area (Å²) in [7, 11) is 0. The van der Waals surface area contributed by atoms with E-state index in [1.165, 1.54) is 0 Å². The summed E-state index contributed by atoms with van der Waals surface area (Å²) in [6.45, 7) is 4.33. The molecule has 3 amide bonds. The molecule has 0 bridgehead atoms. The average Bonchev–Trinajstić information content (AvgIpc) is 3.49. The summed E-state index contributed by atoms with van der Waals surface area (Å²) in [5, 5.41) is 2.96. The van der Waals surface area contributed by atoms with E-state index >= 15 is 0 Å². The number of benzene rings is 2. The largest absolute Gasteiger partial charge is 0.454 e. The molecule has 1 saturated heterocycles. The molecule has 37 heavy (non-hydrogen) atoms. The maximum atomic E-state index is 13.7. The van der Waals surface area contributed by atoms with E-state index in [2.05, 4.69) is 9.88 Å². The number of hydrogen-bond donors (Lipinski definition) is 1. The number of urea groups is 1. The molecule has 1 aliphatic carbocycles. The highest BCUT2D eigenvalue weighted by atomic mass is 16.7. The maximum absolute atomic E-state index is 13.7. The number of Topliss-reactive ketones (excluding diaryl/α,β-unsaturated/α-hetero) is 1. The Bertz CT molecular complexity index is 1440. The van der Waals surface area contributed by atoms with E-state index in [4.69, 9.17) is 9.47 Å². The van der Waals surface area contributed by atoms with Crippen molar-refractivity contribution in [1.29, 1.82) is 0 Å². The number of carbonyl (C=O) groups excluding carboxylic acids is 3. The minimum atomic E-state index is -1.10. The highest BCUT2D eigenvalue weighted by molar-refractivity contribution is 6.11. The van der Waals surface area contributed by atoms with Crippen molar-refractivity contribution < 1.29 is 23.9 Å². The van der Waals surface area contributed by atoms with Crippen molar-refractivity contribution in [1.82, 2.24) is 14.8 Å². The molecule has 1 N–H and O–H groups in total. The van der Waals surface area contributed by atoms with Crippen LogP contribution < -0.4 is 14.8 Å². The van der Waals surface area contributed by atoms with Crippen molar-refractivity contribution in [3.8, 4) is 11.5 Å². The van der Waals surface area contributed by atoms with Crippen molar-refractivity contribution in [2.45, 2.75) is 51.6 Å². The van der Waals surface area contributed by atoms with Gasteiger partial charge in [0.05, 0.1) is 6.54 Å². The predicted molar refractivity (Wildman–Crippen MR) is 136 cm³/mol. The summed E-state index contributed by atoms with van der Waals surface area (Å²) in [5.74, 6) is 0.842. The van der Waals surface area contributed by atoms with Crippen LogP contribution in [0.5, 0.6) is 11.5 Å². The van der Waals surface area contributed by atoms with E-state index < -0.39 is 11.6 Å². The Morgan fingerprint density at radius 2 is 1.84 bits per heavy atom. The van der Waals surface area contributed by atoms with Crippen molar-refractivity contribution in [2.75, 3.05) is 13.3 Å². The SMILES string of the molecule is Cc1cc(C(=O)CN2C(=O)N[C@@]3(CCCCc4ccccc43)C2=O)c(C)n1Cc1ccc2c(c1)OCO2. The molecule has 1 spiro atoms. The average molecular weight is 500 g/mol. The third-order valence-corrected chi connectivity index (χ3v) is 7.85. The molecule has 0 saturated carbocycles. The van der Waals surface area contributed by atoms with Gasteiger partial charge in [-0.05, 0) is 74.4 Å². The van der Waals surface area contributed by atoms with Crippen LogP contribution >= 0.6 is 0 Å². The van der Waals surface area contributed by atoms with Crippen LogP contribution in [0.4, 0.5) is 4.79 Å². The van der Waals surface area contributed by atoms with E-state index in [-0.39, 0.29) is 25.0 Å². The van der Waals surface area contributed by atoms with Gasteiger partial charge < -0.3 is 19.4 Å². The molecular weight excluding hydrogens is 470 g/mol. The van der Waals surface area contributed by atoms with E-state index in [9.17, 15) is 14.4 Å². The standard InChI is InChI=1S/C29H29N3O5/c1-18-13-22(19(2)31(18)15-20-10-11-25-26(14-20)37-17-36-25)24(33)16-32-27(34)29(30-28(32)35)12-6-5-8-21-7-3-4-9-23(21)29/h3-4,7,9-11,13-14H,5-6,8,12,15-17H2,1-2H3,(H,30,35)/t29-/m1/s1. The second kappa shape index (κ2) is 8.80. The number of amides is 3. The van der Waals surface area contributed by atoms with Gasteiger partial charge in [0.25, 0.3) is 5.91 Å². The lowest BCUT2D eigenvalue weighted by molar-refractivity contribution is -0.131. The van der Waals surface area contributed by atoms with Gasteiger partial charge in [-0.1, -0.05) is 30.3 Å². The molecule has 8 nitrogen and oxygen atoms in total. The highest BCUT2D eigenvalue weighted by Crippen LogP contribution is 2.39.